The second kappa shape index (κ2) is 8.84. The van der Waals surface area contributed by atoms with Crippen molar-refractivity contribution in [2.45, 2.75) is 17.7 Å². The van der Waals surface area contributed by atoms with Gasteiger partial charge in [-0.1, -0.05) is 73.7 Å². The summed E-state index contributed by atoms with van der Waals surface area (Å²) in [5.74, 6) is 0.924. The molecule has 0 saturated heterocycles. The highest BCUT2D eigenvalue weighted by Crippen LogP contribution is 2.35. The van der Waals surface area contributed by atoms with Gasteiger partial charge in [0.15, 0.2) is 0 Å². The summed E-state index contributed by atoms with van der Waals surface area (Å²) in [5.41, 5.74) is 4.38. The summed E-state index contributed by atoms with van der Waals surface area (Å²) in [6, 6.07) is 34.2. The first-order chi connectivity index (χ1) is 16.5. The highest BCUT2D eigenvalue weighted by Gasteiger charge is 2.24. The number of fused-ring (bicyclic) bond motifs is 1. The molecule has 4 nitrogen and oxygen atoms in total. The zero-order valence-corrected chi connectivity index (χ0v) is 19.9. The van der Waals surface area contributed by atoms with Gasteiger partial charge in [-0.2, -0.15) is 0 Å². The molecule has 0 amide bonds. The number of para-hydroxylation sites is 1. The predicted octanol–water partition coefficient (Wildman–Crippen LogP) is 6.71. The molecule has 1 atom stereocenters. The fraction of sp³-hybridized carbons (Fsp3) is 0.103. The van der Waals surface area contributed by atoms with E-state index in [1.165, 1.54) is 3.97 Å². The van der Waals surface area contributed by atoms with Crippen LogP contribution >= 0.6 is 0 Å². The Morgan fingerprint density at radius 1 is 0.735 bits per heavy atom. The fourth-order valence-corrected chi connectivity index (χ4v) is 5.91. The van der Waals surface area contributed by atoms with E-state index in [9.17, 15) is 8.42 Å². The number of ether oxygens (including phenoxy) is 1. The highest BCUT2D eigenvalue weighted by atomic mass is 32.2. The molecule has 0 bridgehead atoms. The van der Waals surface area contributed by atoms with E-state index in [4.69, 9.17) is 4.74 Å². The number of aromatic nitrogens is 1. The van der Waals surface area contributed by atoms with Crippen molar-refractivity contribution in [2.24, 2.45) is 0 Å². The minimum Gasteiger partial charge on any atom is -0.497 e. The average molecular weight is 468 g/mol. The molecule has 0 aliphatic carbocycles. The summed E-state index contributed by atoms with van der Waals surface area (Å²) in [5, 5.41) is 0.878. The molecular formula is C29H25NO3S. The van der Waals surface area contributed by atoms with Crippen molar-refractivity contribution >= 4 is 20.9 Å². The van der Waals surface area contributed by atoms with E-state index < -0.39 is 10.0 Å². The summed E-state index contributed by atoms with van der Waals surface area (Å²) in [7, 11) is -2.13. The summed E-state index contributed by atoms with van der Waals surface area (Å²) in [6.07, 6.45) is 0. The van der Waals surface area contributed by atoms with Crippen LogP contribution in [0.5, 0.6) is 5.75 Å². The SMILES string of the molecule is COc1cccc(C(C)c2cccc(-c3cc4ccccc4n3S(=O)(=O)c3ccccc3)c2)c1. The van der Waals surface area contributed by atoms with Crippen molar-refractivity contribution in [1.29, 1.82) is 0 Å². The predicted molar refractivity (Wildman–Crippen MR) is 137 cm³/mol. The van der Waals surface area contributed by atoms with Crippen LogP contribution in [0.15, 0.2) is 114 Å². The third-order valence-corrected chi connectivity index (χ3v) is 7.97. The maximum absolute atomic E-state index is 13.8. The zero-order valence-electron chi connectivity index (χ0n) is 19.0. The highest BCUT2D eigenvalue weighted by molar-refractivity contribution is 7.90. The van der Waals surface area contributed by atoms with Gasteiger partial charge in [-0.05, 0) is 59.2 Å². The number of nitrogens with zero attached hydrogens (tertiary/aromatic N) is 1. The zero-order chi connectivity index (χ0) is 23.7. The van der Waals surface area contributed by atoms with Gasteiger partial charge < -0.3 is 4.74 Å². The maximum atomic E-state index is 13.8. The van der Waals surface area contributed by atoms with E-state index in [1.807, 2.05) is 66.7 Å². The lowest BCUT2D eigenvalue weighted by Crippen LogP contribution is -2.14. The quantitative estimate of drug-likeness (QED) is 0.279. The molecular weight excluding hydrogens is 442 g/mol. The number of methoxy groups -OCH3 is 1. The van der Waals surface area contributed by atoms with Crippen molar-refractivity contribution in [3.63, 3.8) is 0 Å². The van der Waals surface area contributed by atoms with Crippen LogP contribution in [-0.4, -0.2) is 19.5 Å². The molecule has 34 heavy (non-hydrogen) atoms. The topological polar surface area (TPSA) is 48.3 Å². The molecule has 1 aromatic heterocycles. The first-order valence-electron chi connectivity index (χ1n) is 11.1. The smallest absolute Gasteiger partial charge is 0.268 e. The number of hydrogen-bond donors (Lipinski definition) is 0. The molecule has 1 heterocycles. The average Bonchev–Trinajstić information content (AvgIpc) is 3.29. The second-order valence-electron chi connectivity index (χ2n) is 8.29. The molecule has 0 fully saturated rings. The Balaban J connectivity index is 1.67. The second-order valence-corrected chi connectivity index (χ2v) is 10.1. The summed E-state index contributed by atoms with van der Waals surface area (Å²) in [6.45, 7) is 2.14. The lowest BCUT2D eigenvalue weighted by molar-refractivity contribution is 0.414. The largest absolute Gasteiger partial charge is 0.497 e. The Hall–Kier alpha value is -3.83. The van der Waals surface area contributed by atoms with Crippen LogP contribution < -0.4 is 4.74 Å². The summed E-state index contributed by atoms with van der Waals surface area (Å²) < 4.78 is 34.4. The van der Waals surface area contributed by atoms with Crippen molar-refractivity contribution in [2.75, 3.05) is 7.11 Å². The van der Waals surface area contributed by atoms with Crippen LogP contribution in [0.25, 0.3) is 22.2 Å². The Morgan fingerprint density at radius 2 is 1.41 bits per heavy atom. The van der Waals surface area contributed by atoms with Gasteiger partial charge in [-0.25, -0.2) is 12.4 Å². The first kappa shape index (κ1) is 22.0. The van der Waals surface area contributed by atoms with Gasteiger partial charge in [0, 0.05) is 11.3 Å². The van der Waals surface area contributed by atoms with Crippen molar-refractivity contribution in [3.05, 3.63) is 120 Å². The van der Waals surface area contributed by atoms with Gasteiger partial charge in [0.05, 0.1) is 23.2 Å². The molecule has 0 aliphatic heterocycles. The van der Waals surface area contributed by atoms with Gasteiger partial charge in [-0.3, -0.25) is 0 Å². The third kappa shape index (κ3) is 3.88. The number of benzene rings is 4. The van der Waals surface area contributed by atoms with E-state index >= 15 is 0 Å². The molecule has 1 unspecified atom stereocenters. The van der Waals surface area contributed by atoms with Crippen molar-refractivity contribution in [3.8, 4) is 17.0 Å². The van der Waals surface area contributed by atoms with Gasteiger partial charge in [0.2, 0.25) is 0 Å². The molecule has 0 saturated carbocycles. The van der Waals surface area contributed by atoms with E-state index in [1.54, 1.807) is 31.4 Å². The first-order valence-corrected chi connectivity index (χ1v) is 12.6. The molecule has 0 aliphatic rings. The number of hydrogen-bond acceptors (Lipinski definition) is 3. The Kier molecular flexibility index (Phi) is 5.72. The molecule has 0 N–H and O–H groups in total. The normalized spacial score (nSPS) is 12.5. The lowest BCUT2D eigenvalue weighted by atomic mass is 9.91. The van der Waals surface area contributed by atoms with Gasteiger partial charge >= 0.3 is 0 Å². The summed E-state index contributed by atoms with van der Waals surface area (Å²) >= 11 is 0. The molecule has 4 aromatic carbocycles. The minimum atomic E-state index is -3.80. The van der Waals surface area contributed by atoms with E-state index in [-0.39, 0.29) is 10.8 Å². The molecule has 0 radical (unpaired) electrons. The van der Waals surface area contributed by atoms with Gasteiger partial charge in [0.1, 0.15) is 5.75 Å². The van der Waals surface area contributed by atoms with Crippen molar-refractivity contribution < 1.29 is 13.2 Å². The Labute approximate surface area is 200 Å². The van der Waals surface area contributed by atoms with E-state index in [2.05, 4.69) is 25.1 Å². The van der Waals surface area contributed by atoms with E-state index in [0.29, 0.717) is 11.2 Å². The fourth-order valence-electron chi connectivity index (χ4n) is 4.36. The standard InChI is InChI=1S/C29H25NO3S/c1-21(23-12-9-14-26(19-23)33-2)22-11-8-13-24(18-22)29-20-25-10-6-7-17-28(25)30(29)34(31,32)27-15-4-3-5-16-27/h3-21H,1-2H3. The van der Waals surface area contributed by atoms with Crippen LogP contribution in [0.1, 0.15) is 24.0 Å². The molecule has 5 rings (SSSR count). The molecule has 170 valence electrons. The molecule has 5 aromatic rings. The van der Waals surface area contributed by atoms with Crippen LogP contribution in [-0.2, 0) is 10.0 Å². The minimum absolute atomic E-state index is 0.110. The van der Waals surface area contributed by atoms with Crippen LogP contribution in [0, 0.1) is 0 Å². The van der Waals surface area contributed by atoms with E-state index in [0.717, 1.165) is 27.8 Å². The van der Waals surface area contributed by atoms with Crippen LogP contribution in [0.2, 0.25) is 0 Å². The van der Waals surface area contributed by atoms with Gasteiger partial charge in [0.25, 0.3) is 10.0 Å². The lowest BCUT2D eigenvalue weighted by Gasteiger charge is -2.16. The van der Waals surface area contributed by atoms with Crippen LogP contribution in [0.4, 0.5) is 0 Å². The van der Waals surface area contributed by atoms with Crippen molar-refractivity contribution in [1.82, 2.24) is 3.97 Å². The monoisotopic (exact) mass is 467 g/mol. The van der Waals surface area contributed by atoms with Crippen LogP contribution in [0.3, 0.4) is 0 Å². The Morgan fingerprint density at radius 3 is 2.18 bits per heavy atom. The third-order valence-electron chi connectivity index (χ3n) is 6.22. The maximum Gasteiger partial charge on any atom is 0.268 e. The molecule has 5 heteroatoms. The molecule has 0 spiro atoms. The van der Waals surface area contributed by atoms with Gasteiger partial charge in [-0.15, -0.1) is 0 Å². The number of rotatable bonds is 6. The Bertz CT molecular complexity index is 1570. The summed E-state index contributed by atoms with van der Waals surface area (Å²) in [4.78, 5) is 0.263.